The van der Waals surface area contributed by atoms with E-state index < -0.39 is 0 Å². The van der Waals surface area contributed by atoms with Crippen LogP contribution in [0.3, 0.4) is 0 Å². The lowest BCUT2D eigenvalue weighted by Crippen LogP contribution is -2.47. The normalized spacial score (nSPS) is 36.9. The van der Waals surface area contributed by atoms with E-state index in [-0.39, 0.29) is 0 Å². The number of hydrogen-bond donors (Lipinski definition) is 0. The Morgan fingerprint density at radius 1 is 1.38 bits per heavy atom. The molecule has 0 radical (unpaired) electrons. The fraction of sp³-hybridized carbons (Fsp3) is 1.00. The summed E-state index contributed by atoms with van der Waals surface area (Å²) in [7, 11) is 2.29. The Hall–Kier alpha value is -0.0400. The van der Waals surface area contributed by atoms with Crippen molar-refractivity contribution in [3.05, 3.63) is 0 Å². The SMILES string of the molecule is CCC1C(C(C)C)C(C)CCN1C. The summed E-state index contributed by atoms with van der Waals surface area (Å²) in [5, 5.41) is 0. The van der Waals surface area contributed by atoms with Crippen molar-refractivity contribution >= 4 is 0 Å². The van der Waals surface area contributed by atoms with Crippen LogP contribution < -0.4 is 0 Å². The Bertz CT molecular complexity index is 153. The van der Waals surface area contributed by atoms with Crippen LogP contribution in [0.5, 0.6) is 0 Å². The van der Waals surface area contributed by atoms with Crippen molar-refractivity contribution in [3.63, 3.8) is 0 Å². The molecular weight excluding hydrogens is 158 g/mol. The zero-order chi connectivity index (χ0) is 10.0. The van der Waals surface area contributed by atoms with Crippen LogP contribution in [0.1, 0.15) is 40.5 Å². The van der Waals surface area contributed by atoms with Gasteiger partial charge in [-0.2, -0.15) is 0 Å². The van der Waals surface area contributed by atoms with Crippen LogP contribution in [0.2, 0.25) is 0 Å². The Morgan fingerprint density at radius 3 is 2.38 bits per heavy atom. The number of rotatable bonds is 2. The zero-order valence-electron chi connectivity index (χ0n) is 9.88. The highest BCUT2D eigenvalue weighted by Crippen LogP contribution is 2.34. The first-order chi connectivity index (χ1) is 6.07. The van der Waals surface area contributed by atoms with E-state index in [1.807, 2.05) is 0 Å². The summed E-state index contributed by atoms with van der Waals surface area (Å²) in [6.45, 7) is 10.8. The fourth-order valence-electron chi connectivity index (χ4n) is 3.12. The second-order valence-corrected chi connectivity index (χ2v) is 5.04. The van der Waals surface area contributed by atoms with E-state index >= 15 is 0 Å². The van der Waals surface area contributed by atoms with E-state index in [1.165, 1.54) is 19.4 Å². The van der Waals surface area contributed by atoms with Crippen molar-refractivity contribution in [3.8, 4) is 0 Å². The van der Waals surface area contributed by atoms with E-state index in [0.29, 0.717) is 0 Å². The molecular formula is C12H25N. The van der Waals surface area contributed by atoms with Crippen molar-refractivity contribution < 1.29 is 0 Å². The maximum absolute atomic E-state index is 2.56. The number of piperidine rings is 1. The molecule has 0 N–H and O–H groups in total. The first kappa shape index (κ1) is 11.0. The predicted octanol–water partition coefficient (Wildman–Crippen LogP) is 3.01. The van der Waals surface area contributed by atoms with Gasteiger partial charge in [0.25, 0.3) is 0 Å². The minimum Gasteiger partial charge on any atom is -0.303 e. The molecule has 1 heterocycles. The average Bonchev–Trinajstić information content (AvgIpc) is 2.07. The summed E-state index contributed by atoms with van der Waals surface area (Å²) in [6, 6.07) is 0.823. The van der Waals surface area contributed by atoms with Crippen LogP contribution in [0.25, 0.3) is 0 Å². The lowest BCUT2D eigenvalue weighted by atomic mass is 9.73. The van der Waals surface area contributed by atoms with Gasteiger partial charge in [-0.1, -0.05) is 27.7 Å². The molecule has 1 aliphatic heterocycles. The standard InChI is InChI=1S/C12H25N/c1-6-11-12(9(2)3)10(4)7-8-13(11)5/h9-12H,6-8H2,1-5H3. The Balaban J connectivity index is 2.71. The third kappa shape index (κ3) is 2.25. The monoisotopic (exact) mass is 183 g/mol. The third-order valence-electron chi connectivity index (χ3n) is 3.79. The number of hydrogen-bond acceptors (Lipinski definition) is 1. The summed E-state index contributed by atoms with van der Waals surface area (Å²) < 4.78 is 0. The van der Waals surface area contributed by atoms with Gasteiger partial charge >= 0.3 is 0 Å². The van der Waals surface area contributed by atoms with Crippen molar-refractivity contribution in [2.24, 2.45) is 17.8 Å². The molecule has 0 aromatic heterocycles. The molecule has 0 amide bonds. The molecule has 1 aliphatic rings. The first-order valence-electron chi connectivity index (χ1n) is 5.78. The Morgan fingerprint density at radius 2 is 2.00 bits per heavy atom. The van der Waals surface area contributed by atoms with Crippen molar-refractivity contribution in [2.75, 3.05) is 13.6 Å². The minimum atomic E-state index is 0.823. The molecule has 3 atom stereocenters. The van der Waals surface area contributed by atoms with Crippen LogP contribution in [0.15, 0.2) is 0 Å². The lowest BCUT2D eigenvalue weighted by Gasteiger charge is -2.44. The molecule has 0 aromatic rings. The van der Waals surface area contributed by atoms with E-state index in [0.717, 1.165) is 23.8 Å². The van der Waals surface area contributed by atoms with Gasteiger partial charge in [-0.25, -0.2) is 0 Å². The molecule has 78 valence electrons. The van der Waals surface area contributed by atoms with Crippen molar-refractivity contribution in [1.29, 1.82) is 0 Å². The van der Waals surface area contributed by atoms with Gasteiger partial charge in [-0.15, -0.1) is 0 Å². The maximum atomic E-state index is 2.56. The largest absolute Gasteiger partial charge is 0.303 e. The second kappa shape index (κ2) is 4.45. The molecule has 0 bridgehead atoms. The van der Waals surface area contributed by atoms with Gasteiger partial charge in [-0.05, 0) is 44.2 Å². The van der Waals surface area contributed by atoms with E-state index in [2.05, 4.69) is 39.6 Å². The van der Waals surface area contributed by atoms with E-state index in [4.69, 9.17) is 0 Å². The summed E-state index contributed by atoms with van der Waals surface area (Å²) in [6.07, 6.45) is 2.69. The maximum Gasteiger partial charge on any atom is 0.0123 e. The molecule has 13 heavy (non-hydrogen) atoms. The van der Waals surface area contributed by atoms with Gasteiger partial charge in [0.15, 0.2) is 0 Å². The third-order valence-corrected chi connectivity index (χ3v) is 3.79. The fourth-order valence-corrected chi connectivity index (χ4v) is 3.12. The second-order valence-electron chi connectivity index (χ2n) is 5.04. The molecule has 3 unspecified atom stereocenters. The van der Waals surface area contributed by atoms with Gasteiger partial charge < -0.3 is 4.90 Å². The predicted molar refractivity (Wildman–Crippen MR) is 58.8 cm³/mol. The van der Waals surface area contributed by atoms with Crippen LogP contribution in [-0.2, 0) is 0 Å². The van der Waals surface area contributed by atoms with Crippen LogP contribution in [-0.4, -0.2) is 24.5 Å². The van der Waals surface area contributed by atoms with Crippen LogP contribution >= 0.6 is 0 Å². The summed E-state index contributed by atoms with van der Waals surface area (Å²) in [5.74, 6) is 2.66. The highest BCUT2D eigenvalue weighted by atomic mass is 15.1. The Kier molecular flexibility index (Phi) is 3.78. The van der Waals surface area contributed by atoms with Crippen LogP contribution in [0, 0.1) is 17.8 Å². The highest BCUT2D eigenvalue weighted by Gasteiger charge is 2.34. The summed E-state index contributed by atoms with van der Waals surface area (Å²) in [5.41, 5.74) is 0. The molecule has 1 nitrogen and oxygen atoms in total. The average molecular weight is 183 g/mol. The molecule has 0 saturated carbocycles. The molecule has 1 saturated heterocycles. The molecule has 0 aromatic carbocycles. The topological polar surface area (TPSA) is 3.24 Å². The lowest BCUT2D eigenvalue weighted by molar-refractivity contribution is 0.0455. The van der Waals surface area contributed by atoms with Crippen LogP contribution in [0.4, 0.5) is 0 Å². The van der Waals surface area contributed by atoms with Gasteiger partial charge in [0.1, 0.15) is 0 Å². The quantitative estimate of drug-likeness (QED) is 0.636. The van der Waals surface area contributed by atoms with Gasteiger partial charge in [0.2, 0.25) is 0 Å². The van der Waals surface area contributed by atoms with Gasteiger partial charge in [0, 0.05) is 6.04 Å². The highest BCUT2D eigenvalue weighted by molar-refractivity contribution is 4.87. The first-order valence-corrected chi connectivity index (χ1v) is 5.78. The molecule has 1 fully saturated rings. The number of likely N-dealkylation sites (tertiary alicyclic amines) is 1. The molecule has 0 spiro atoms. The minimum absolute atomic E-state index is 0.823. The summed E-state index contributed by atoms with van der Waals surface area (Å²) >= 11 is 0. The Labute approximate surface area is 83.5 Å². The van der Waals surface area contributed by atoms with E-state index in [1.54, 1.807) is 0 Å². The van der Waals surface area contributed by atoms with Crippen molar-refractivity contribution in [2.45, 2.75) is 46.6 Å². The zero-order valence-corrected chi connectivity index (χ0v) is 9.88. The van der Waals surface area contributed by atoms with E-state index in [9.17, 15) is 0 Å². The van der Waals surface area contributed by atoms with Crippen molar-refractivity contribution in [1.82, 2.24) is 4.90 Å². The molecule has 1 heteroatoms. The smallest absolute Gasteiger partial charge is 0.0123 e. The van der Waals surface area contributed by atoms with Gasteiger partial charge in [-0.3, -0.25) is 0 Å². The number of nitrogens with zero attached hydrogens (tertiary/aromatic N) is 1. The molecule has 0 aliphatic carbocycles. The summed E-state index contributed by atoms with van der Waals surface area (Å²) in [4.78, 5) is 2.56. The van der Waals surface area contributed by atoms with Gasteiger partial charge in [0.05, 0.1) is 0 Å². The molecule has 1 rings (SSSR count).